The van der Waals surface area contributed by atoms with Crippen LogP contribution in [0.4, 0.5) is 31.8 Å². The summed E-state index contributed by atoms with van der Waals surface area (Å²) in [5, 5.41) is 3.15. The number of nitrogens with two attached hydrogens (primary N) is 1. The van der Waals surface area contributed by atoms with Gasteiger partial charge >= 0.3 is 0 Å². The molecule has 0 bridgehead atoms. The first-order chi connectivity index (χ1) is 16.7. The van der Waals surface area contributed by atoms with Crippen LogP contribution in [-0.2, 0) is 7.05 Å². The van der Waals surface area contributed by atoms with Crippen LogP contribution in [0.2, 0.25) is 0 Å². The number of imidazole rings is 1. The SMILES string of the molecule is COc1cc(N(C)CCN(C)C)c(N)cc1Nc1nccc(-c2nc3cc(F)c(F)cc3n2C)n1. The number of fused-ring (bicyclic) bond motifs is 1. The van der Waals surface area contributed by atoms with Crippen LogP contribution in [0.25, 0.3) is 22.6 Å². The maximum Gasteiger partial charge on any atom is 0.227 e. The molecule has 0 unspecified atom stereocenters. The zero-order valence-corrected chi connectivity index (χ0v) is 20.3. The normalized spacial score (nSPS) is 11.3. The molecule has 2 aromatic carbocycles. The van der Waals surface area contributed by atoms with Crippen molar-refractivity contribution in [2.75, 3.05) is 57.3 Å². The number of ether oxygens (including phenoxy) is 1. The number of aromatic nitrogens is 4. The molecule has 35 heavy (non-hydrogen) atoms. The molecule has 0 fully saturated rings. The maximum absolute atomic E-state index is 13.7. The number of hydrogen-bond donors (Lipinski definition) is 2. The zero-order valence-electron chi connectivity index (χ0n) is 20.3. The van der Waals surface area contributed by atoms with E-state index < -0.39 is 11.6 Å². The second-order valence-corrected chi connectivity index (χ2v) is 8.48. The van der Waals surface area contributed by atoms with E-state index in [4.69, 9.17) is 10.5 Å². The number of nitrogens with zero attached hydrogens (tertiary/aromatic N) is 6. The van der Waals surface area contributed by atoms with Gasteiger partial charge in [0.1, 0.15) is 11.4 Å². The van der Waals surface area contributed by atoms with Crippen molar-refractivity contribution in [1.82, 2.24) is 24.4 Å². The van der Waals surface area contributed by atoms with E-state index in [1.807, 2.05) is 27.2 Å². The molecule has 3 N–H and O–H groups in total. The fourth-order valence-electron chi connectivity index (χ4n) is 3.73. The minimum atomic E-state index is -0.951. The van der Waals surface area contributed by atoms with E-state index in [9.17, 15) is 8.78 Å². The first kappa shape index (κ1) is 24.1. The minimum absolute atomic E-state index is 0.290. The van der Waals surface area contributed by atoms with E-state index in [1.165, 1.54) is 0 Å². The Balaban J connectivity index is 1.64. The van der Waals surface area contributed by atoms with Crippen LogP contribution in [0, 0.1) is 11.6 Å². The van der Waals surface area contributed by atoms with Gasteiger partial charge in [-0.2, -0.15) is 0 Å². The first-order valence-corrected chi connectivity index (χ1v) is 10.9. The number of likely N-dealkylation sites (N-methyl/N-ethyl adjacent to an activating group) is 2. The van der Waals surface area contributed by atoms with Crippen molar-refractivity contribution in [2.24, 2.45) is 7.05 Å². The van der Waals surface area contributed by atoms with Gasteiger partial charge in [0.25, 0.3) is 0 Å². The van der Waals surface area contributed by atoms with E-state index in [2.05, 4.69) is 30.1 Å². The summed E-state index contributed by atoms with van der Waals surface area (Å²) in [4.78, 5) is 17.4. The summed E-state index contributed by atoms with van der Waals surface area (Å²) < 4.78 is 34.6. The van der Waals surface area contributed by atoms with E-state index in [1.54, 1.807) is 37.1 Å². The van der Waals surface area contributed by atoms with Gasteiger partial charge in [0.15, 0.2) is 17.5 Å². The largest absolute Gasteiger partial charge is 0.494 e. The number of hydrogen-bond acceptors (Lipinski definition) is 8. The maximum atomic E-state index is 13.7. The summed E-state index contributed by atoms with van der Waals surface area (Å²) in [6.45, 7) is 1.67. The van der Waals surface area contributed by atoms with Gasteiger partial charge in [0.05, 0.1) is 35.2 Å². The molecule has 2 heterocycles. The molecule has 0 spiro atoms. The van der Waals surface area contributed by atoms with Gasteiger partial charge in [0.2, 0.25) is 5.95 Å². The molecule has 4 rings (SSSR count). The number of aryl methyl sites for hydroxylation is 1. The summed E-state index contributed by atoms with van der Waals surface area (Å²) in [5.74, 6) is -0.572. The predicted molar refractivity (Wildman–Crippen MR) is 134 cm³/mol. The molecule has 9 nitrogen and oxygen atoms in total. The Morgan fingerprint density at radius 2 is 1.80 bits per heavy atom. The molecule has 0 amide bonds. The number of nitrogen functional groups attached to an aromatic ring is 1. The fourth-order valence-corrected chi connectivity index (χ4v) is 3.73. The van der Waals surface area contributed by atoms with Crippen molar-refractivity contribution >= 4 is 34.0 Å². The summed E-state index contributed by atoms with van der Waals surface area (Å²) in [5.41, 5.74) is 9.64. The van der Waals surface area contributed by atoms with Crippen molar-refractivity contribution in [3.8, 4) is 17.3 Å². The standard InChI is InChI=1S/C24H28F2N8O/c1-32(2)8-9-33(3)20-13-22(35-5)19(12-16(20)27)31-24-28-7-6-17(30-24)23-29-18-10-14(25)15(26)11-21(18)34(23)4/h6-7,10-13H,8-9,27H2,1-5H3,(H,28,30,31). The van der Waals surface area contributed by atoms with Gasteiger partial charge in [-0.15, -0.1) is 0 Å². The van der Waals surface area contributed by atoms with Crippen molar-refractivity contribution in [2.45, 2.75) is 0 Å². The second-order valence-electron chi connectivity index (χ2n) is 8.48. The zero-order chi connectivity index (χ0) is 25.3. The lowest BCUT2D eigenvalue weighted by molar-refractivity contribution is 0.413. The lowest BCUT2D eigenvalue weighted by Gasteiger charge is -2.24. The van der Waals surface area contributed by atoms with Crippen molar-refractivity contribution in [3.05, 3.63) is 48.2 Å². The summed E-state index contributed by atoms with van der Waals surface area (Å²) in [6, 6.07) is 7.50. The lowest BCUT2D eigenvalue weighted by atomic mass is 10.2. The number of nitrogens with one attached hydrogen (secondary N) is 1. The quantitative estimate of drug-likeness (QED) is 0.368. The third-order valence-corrected chi connectivity index (χ3v) is 5.70. The van der Waals surface area contributed by atoms with Crippen LogP contribution in [0.1, 0.15) is 0 Å². The number of benzene rings is 2. The van der Waals surface area contributed by atoms with Crippen molar-refractivity contribution in [3.63, 3.8) is 0 Å². The molecule has 0 radical (unpaired) electrons. The minimum Gasteiger partial charge on any atom is -0.494 e. The lowest BCUT2D eigenvalue weighted by Crippen LogP contribution is -2.29. The Morgan fingerprint density at radius 3 is 2.51 bits per heavy atom. The van der Waals surface area contributed by atoms with Gasteiger partial charge in [-0.1, -0.05) is 0 Å². The number of anilines is 4. The van der Waals surface area contributed by atoms with E-state index >= 15 is 0 Å². The highest BCUT2D eigenvalue weighted by molar-refractivity contribution is 5.81. The molecule has 0 atom stereocenters. The number of rotatable bonds is 8. The first-order valence-electron chi connectivity index (χ1n) is 10.9. The molecule has 0 aliphatic carbocycles. The van der Waals surface area contributed by atoms with Crippen LogP contribution >= 0.6 is 0 Å². The topological polar surface area (TPSA) is 97.4 Å². The molecule has 184 valence electrons. The monoisotopic (exact) mass is 482 g/mol. The molecule has 4 aromatic rings. The second kappa shape index (κ2) is 9.71. The van der Waals surface area contributed by atoms with Crippen molar-refractivity contribution < 1.29 is 13.5 Å². The highest BCUT2D eigenvalue weighted by Gasteiger charge is 2.17. The van der Waals surface area contributed by atoms with Crippen LogP contribution in [0.3, 0.4) is 0 Å². The summed E-state index contributed by atoms with van der Waals surface area (Å²) >= 11 is 0. The summed E-state index contributed by atoms with van der Waals surface area (Å²) in [7, 11) is 9.30. The number of halogens is 2. The molecular formula is C24H28F2N8O. The molecule has 0 aliphatic rings. The Labute approximate surface area is 202 Å². The van der Waals surface area contributed by atoms with Crippen molar-refractivity contribution in [1.29, 1.82) is 0 Å². The molecule has 0 saturated carbocycles. The van der Waals surface area contributed by atoms with Crippen LogP contribution in [-0.4, -0.2) is 65.8 Å². The number of methoxy groups -OCH3 is 1. The van der Waals surface area contributed by atoms with Gasteiger partial charge in [-0.3, -0.25) is 0 Å². The summed E-state index contributed by atoms with van der Waals surface area (Å²) in [6.07, 6.45) is 1.57. The van der Waals surface area contributed by atoms with E-state index in [-0.39, 0.29) is 0 Å². The molecule has 0 saturated heterocycles. The molecule has 11 heteroatoms. The molecule has 0 aliphatic heterocycles. The average molecular weight is 483 g/mol. The van der Waals surface area contributed by atoms with Gasteiger partial charge in [-0.05, 0) is 26.2 Å². The third-order valence-electron chi connectivity index (χ3n) is 5.70. The van der Waals surface area contributed by atoms with Crippen LogP contribution in [0.5, 0.6) is 5.75 Å². The van der Waals surface area contributed by atoms with Gasteiger partial charge in [-0.25, -0.2) is 23.7 Å². The fraction of sp³-hybridized carbons (Fsp3) is 0.292. The Morgan fingerprint density at radius 1 is 1.06 bits per heavy atom. The van der Waals surface area contributed by atoms with Gasteiger partial charge < -0.3 is 30.2 Å². The van der Waals surface area contributed by atoms with Crippen LogP contribution < -0.4 is 20.7 Å². The highest BCUT2D eigenvalue weighted by Crippen LogP contribution is 2.36. The Kier molecular flexibility index (Phi) is 6.70. The smallest absolute Gasteiger partial charge is 0.227 e. The molecular weight excluding hydrogens is 454 g/mol. The average Bonchev–Trinajstić information content (AvgIpc) is 3.13. The highest BCUT2D eigenvalue weighted by atomic mass is 19.2. The van der Waals surface area contributed by atoms with Gasteiger partial charge in [0, 0.05) is 51.6 Å². The Bertz CT molecular complexity index is 1370. The molecule has 2 aromatic heterocycles. The van der Waals surface area contributed by atoms with Crippen LogP contribution in [0.15, 0.2) is 36.5 Å². The van der Waals surface area contributed by atoms with E-state index in [0.29, 0.717) is 45.6 Å². The predicted octanol–water partition coefficient (Wildman–Crippen LogP) is 3.64. The van der Waals surface area contributed by atoms with E-state index in [0.717, 1.165) is 30.9 Å². The Hall–Kier alpha value is -3.99. The third kappa shape index (κ3) is 4.94.